The highest BCUT2D eigenvalue weighted by atomic mass is 79.9. The molecule has 3 rings (SSSR count). The average molecular weight is 338 g/mol. The van der Waals surface area contributed by atoms with Crippen LogP contribution in [0.4, 0.5) is 0 Å². The van der Waals surface area contributed by atoms with Gasteiger partial charge in [0.25, 0.3) is 0 Å². The Morgan fingerprint density at radius 3 is 2.55 bits per heavy atom. The minimum Gasteiger partial charge on any atom is -0.492 e. The zero-order valence-electron chi connectivity index (χ0n) is 12.0. The van der Waals surface area contributed by atoms with Crippen LogP contribution in [0.25, 0.3) is 0 Å². The molecule has 2 aliphatic rings. The molecule has 1 saturated carbocycles. The molecule has 0 unspecified atom stereocenters. The van der Waals surface area contributed by atoms with Gasteiger partial charge in [0.2, 0.25) is 0 Å². The summed E-state index contributed by atoms with van der Waals surface area (Å²) in [6.45, 7) is 3.23. The number of benzene rings is 1. The topological polar surface area (TPSA) is 21.3 Å². The smallest absolute Gasteiger partial charge is 0.133 e. The number of ether oxygens (including phenoxy) is 1. The molecule has 110 valence electrons. The first-order chi connectivity index (χ1) is 9.81. The molecule has 0 atom stereocenters. The van der Waals surface area contributed by atoms with Crippen molar-refractivity contribution < 1.29 is 4.74 Å². The van der Waals surface area contributed by atoms with Crippen LogP contribution in [0.3, 0.4) is 0 Å². The third kappa shape index (κ3) is 3.76. The van der Waals surface area contributed by atoms with Crippen molar-refractivity contribution >= 4 is 15.9 Å². The van der Waals surface area contributed by atoms with Gasteiger partial charge in [-0.2, -0.15) is 0 Å². The number of halogens is 1. The van der Waals surface area contributed by atoms with Crippen LogP contribution in [-0.2, 0) is 6.42 Å². The highest BCUT2D eigenvalue weighted by molar-refractivity contribution is 9.10. The van der Waals surface area contributed by atoms with Crippen LogP contribution in [-0.4, -0.2) is 19.7 Å². The van der Waals surface area contributed by atoms with Crippen LogP contribution in [0.1, 0.15) is 37.7 Å². The molecule has 1 aromatic carbocycles. The zero-order chi connectivity index (χ0) is 13.8. The molecule has 0 spiro atoms. The summed E-state index contributed by atoms with van der Waals surface area (Å²) in [5.41, 5.74) is 1.43. The number of hydrogen-bond donors (Lipinski definition) is 1. The van der Waals surface area contributed by atoms with Crippen molar-refractivity contribution in [2.75, 3.05) is 19.7 Å². The van der Waals surface area contributed by atoms with E-state index in [-0.39, 0.29) is 0 Å². The first-order valence-electron chi connectivity index (χ1n) is 7.93. The summed E-state index contributed by atoms with van der Waals surface area (Å²) in [6, 6.07) is 6.63. The van der Waals surface area contributed by atoms with Gasteiger partial charge in [0.05, 0.1) is 11.1 Å². The Labute approximate surface area is 130 Å². The predicted molar refractivity (Wildman–Crippen MR) is 86.3 cm³/mol. The van der Waals surface area contributed by atoms with Gasteiger partial charge < -0.3 is 10.1 Å². The van der Waals surface area contributed by atoms with Gasteiger partial charge in [-0.05, 0) is 90.7 Å². The summed E-state index contributed by atoms with van der Waals surface area (Å²) >= 11 is 3.66. The molecule has 0 amide bonds. The number of hydrogen-bond acceptors (Lipinski definition) is 2. The molecule has 1 aromatic rings. The minimum absolute atomic E-state index is 0.788. The van der Waals surface area contributed by atoms with E-state index in [1.54, 1.807) is 0 Å². The normalized spacial score (nSPS) is 20.6. The van der Waals surface area contributed by atoms with E-state index in [9.17, 15) is 0 Å². The van der Waals surface area contributed by atoms with Crippen LogP contribution in [0.2, 0.25) is 0 Å². The Morgan fingerprint density at radius 2 is 1.90 bits per heavy atom. The van der Waals surface area contributed by atoms with Crippen LogP contribution in [0.15, 0.2) is 22.7 Å². The molecule has 3 heteroatoms. The monoisotopic (exact) mass is 337 g/mol. The molecule has 2 nitrogen and oxygen atoms in total. The van der Waals surface area contributed by atoms with Gasteiger partial charge in [-0.25, -0.2) is 0 Å². The van der Waals surface area contributed by atoms with Crippen molar-refractivity contribution in [1.29, 1.82) is 0 Å². The van der Waals surface area contributed by atoms with Gasteiger partial charge >= 0.3 is 0 Å². The second-order valence-corrected chi connectivity index (χ2v) is 7.12. The minimum atomic E-state index is 0.788. The lowest BCUT2D eigenvalue weighted by Crippen LogP contribution is -2.28. The van der Waals surface area contributed by atoms with Gasteiger partial charge in [0.1, 0.15) is 5.75 Å². The van der Waals surface area contributed by atoms with Gasteiger partial charge in [0, 0.05) is 0 Å². The van der Waals surface area contributed by atoms with Crippen LogP contribution in [0, 0.1) is 11.8 Å². The summed E-state index contributed by atoms with van der Waals surface area (Å²) < 4.78 is 7.04. The van der Waals surface area contributed by atoms with E-state index < -0.39 is 0 Å². The number of piperidine rings is 1. The van der Waals surface area contributed by atoms with Gasteiger partial charge in [0.15, 0.2) is 0 Å². The molecule has 20 heavy (non-hydrogen) atoms. The summed E-state index contributed by atoms with van der Waals surface area (Å²) in [6.07, 6.45) is 7.86. The lowest BCUT2D eigenvalue weighted by Gasteiger charge is -2.25. The molecule has 1 saturated heterocycles. The number of nitrogens with one attached hydrogen (secondary N) is 1. The van der Waals surface area contributed by atoms with E-state index in [2.05, 4.69) is 39.4 Å². The maximum atomic E-state index is 5.93. The fraction of sp³-hybridized carbons (Fsp3) is 0.647. The Balaban J connectivity index is 1.55. The molecule has 1 N–H and O–H groups in total. The maximum absolute atomic E-state index is 5.93. The Hall–Kier alpha value is -0.540. The molecule has 1 aliphatic carbocycles. The summed E-state index contributed by atoms with van der Waals surface area (Å²) in [5, 5.41) is 3.43. The van der Waals surface area contributed by atoms with E-state index in [1.165, 1.54) is 57.2 Å². The molecule has 0 bridgehead atoms. The van der Waals surface area contributed by atoms with Gasteiger partial charge in [-0.1, -0.05) is 12.5 Å². The highest BCUT2D eigenvalue weighted by Gasteiger charge is 2.18. The fourth-order valence-corrected chi connectivity index (χ4v) is 3.62. The zero-order valence-corrected chi connectivity index (χ0v) is 13.6. The Kier molecular flexibility index (Phi) is 5.00. The first kappa shape index (κ1) is 14.4. The molecule has 0 radical (unpaired) electrons. The third-order valence-corrected chi connectivity index (χ3v) is 5.30. The van der Waals surface area contributed by atoms with Crippen LogP contribution >= 0.6 is 15.9 Å². The SMILES string of the molecule is Brc1cc(CC2CCNCC2)ccc1OCC1CCC1. The van der Waals surface area contributed by atoms with Crippen molar-refractivity contribution in [2.45, 2.75) is 38.5 Å². The van der Waals surface area contributed by atoms with E-state index >= 15 is 0 Å². The molecule has 1 aliphatic heterocycles. The largest absolute Gasteiger partial charge is 0.492 e. The fourth-order valence-electron chi connectivity index (χ4n) is 3.07. The molecular formula is C17H24BrNO. The van der Waals surface area contributed by atoms with E-state index in [1.807, 2.05) is 0 Å². The average Bonchev–Trinajstić information content (AvgIpc) is 2.40. The molecule has 1 heterocycles. The second-order valence-electron chi connectivity index (χ2n) is 6.27. The number of rotatable bonds is 5. The molecule has 2 fully saturated rings. The lowest BCUT2D eigenvalue weighted by molar-refractivity contribution is 0.180. The van der Waals surface area contributed by atoms with E-state index in [4.69, 9.17) is 4.74 Å². The standard InChI is InChI=1S/C17H24BrNO/c18-16-11-15(10-13-6-8-19-9-7-13)4-5-17(16)20-12-14-2-1-3-14/h4-5,11,13-14,19H,1-3,6-10,12H2. The quantitative estimate of drug-likeness (QED) is 0.870. The highest BCUT2D eigenvalue weighted by Crippen LogP contribution is 2.31. The second kappa shape index (κ2) is 6.95. The summed E-state index contributed by atoms with van der Waals surface area (Å²) in [5.74, 6) is 2.63. The lowest BCUT2D eigenvalue weighted by atomic mass is 9.86. The summed E-state index contributed by atoms with van der Waals surface area (Å²) in [4.78, 5) is 0. The Morgan fingerprint density at radius 1 is 1.10 bits per heavy atom. The van der Waals surface area contributed by atoms with E-state index in [0.717, 1.165) is 28.7 Å². The van der Waals surface area contributed by atoms with Crippen molar-refractivity contribution in [3.05, 3.63) is 28.2 Å². The van der Waals surface area contributed by atoms with Gasteiger partial charge in [-0.15, -0.1) is 0 Å². The van der Waals surface area contributed by atoms with Crippen molar-refractivity contribution in [2.24, 2.45) is 11.8 Å². The molecular weight excluding hydrogens is 314 g/mol. The third-order valence-electron chi connectivity index (χ3n) is 4.68. The Bertz CT molecular complexity index is 439. The van der Waals surface area contributed by atoms with Crippen LogP contribution < -0.4 is 10.1 Å². The van der Waals surface area contributed by atoms with E-state index in [0.29, 0.717) is 0 Å². The predicted octanol–water partition coefficient (Wildman–Crippen LogP) is 4.17. The summed E-state index contributed by atoms with van der Waals surface area (Å²) in [7, 11) is 0. The van der Waals surface area contributed by atoms with Crippen LogP contribution in [0.5, 0.6) is 5.75 Å². The van der Waals surface area contributed by atoms with Crippen molar-refractivity contribution in [3.8, 4) is 5.75 Å². The van der Waals surface area contributed by atoms with Crippen molar-refractivity contribution in [3.63, 3.8) is 0 Å². The van der Waals surface area contributed by atoms with Gasteiger partial charge in [-0.3, -0.25) is 0 Å². The first-order valence-corrected chi connectivity index (χ1v) is 8.72. The maximum Gasteiger partial charge on any atom is 0.133 e. The van der Waals surface area contributed by atoms with Crippen molar-refractivity contribution in [1.82, 2.24) is 5.32 Å². The molecule has 0 aromatic heterocycles.